The summed E-state index contributed by atoms with van der Waals surface area (Å²) >= 11 is 0. The van der Waals surface area contributed by atoms with Gasteiger partial charge in [0.2, 0.25) is 0 Å². The Kier molecular flexibility index (Phi) is 4.41. The number of aromatic nitrogens is 1. The zero-order valence-electron chi connectivity index (χ0n) is 14.8. The number of carbonyl (C=O) groups excluding carboxylic acids is 1. The highest BCUT2D eigenvalue weighted by Gasteiger charge is 2.33. The van der Waals surface area contributed by atoms with Gasteiger partial charge in [0.25, 0.3) is 11.5 Å². The van der Waals surface area contributed by atoms with Crippen molar-refractivity contribution >= 4 is 5.91 Å². The van der Waals surface area contributed by atoms with E-state index >= 15 is 0 Å². The minimum absolute atomic E-state index is 0.00832. The molecule has 1 saturated heterocycles. The second kappa shape index (κ2) is 6.86. The van der Waals surface area contributed by atoms with Crippen LogP contribution in [0.3, 0.4) is 0 Å². The summed E-state index contributed by atoms with van der Waals surface area (Å²) in [5, 5.41) is 0. The predicted molar refractivity (Wildman–Crippen MR) is 96.6 cm³/mol. The number of para-hydroxylation sites is 1. The quantitative estimate of drug-likeness (QED) is 0.798. The van der Waals surface area contributed by atoms with E-state index in [0.29, 0.717) is 30.6 Å². The number of carbonyl (C=O) groups is 1. The Morgan fingerprint density at radius 3 is 2.50 bits per heavy atom. The first-order valence-corrected chi connectivity index (χ1v) is 8.95. The number of likely N-dealkylation sites (tertiary alicyclic amines) is 1. The highest BCUT2D eigenvalue weighted by atomic mass is 16.5. The van der Waals surface area contributed by atoms with Crippen molar-refractivity contribution < 1.29 is 14.3 Å². The van der Waals surface area contributed by atoms with E-state index in [2.05, 4.69) is 0 Å². The molecular weight excluding hydrogens is 332 g/mol. The van der Waals surface area contributed by atoms with E-state index in [4.69, 9.17) is 9.47 Å². The van der Waals surface area contributed by atoms with Gasteiger partial charge in [0.1, 0.15) is 17.6 Å². The molecule has 6 heteroatoms. The molecule has 1 amide bonds. The van der Waals surface area contributed by atoms with E-state index in [-0.39, 0.29) is 24.2 Å². The van der Waals surface area contributed by atoms with Gasteiger partial charge in [-0.05, 0) is 38.0 Å². The number of amides is 1. The number of ether oxygens (including phenoxy) is 2. The summed E-state index contributed by atoms with van der Waals surface area (Å²) in [5.74, 6) is 1.21. The fraction of sp³-hybridized carbons (Fsp3) is 0.400. The van der Waals surface area contributed by atoms with Crippen molar-refractivity contribution in [3.05, 3.63) is 58.5 Å². The average Bonchev–Trinajstić information content (AvgIpc) is 3.41. The van der Waals surface area contributed by atoms with Crippen LogP contribution in [-0.2, 0) is 4.79 Å². The van der Waals surface area contributed by atoms with Crippen LogP contribution in [0.1, 0.15) is 24.6 Å². The van der Waals surface area contributed by atoms with Crippen molar-refractivity contribution in [3.8, 4) is 11.5 Å². The third-order valence-electron chi connectivity index (χ3n) is 4.76. The molecule has 1 aromatic heterocycles. The summed E-state index contributed by atoms with van der Waals surface area (Å²) in [6.07, 6.45) is 2.07. The van der Waals surface area contributed by atoms with Crippen LogP contribution in [0, 0.1) is 6.92 Å². The van der Waals surface area contributed by atoms with Gasteiger partial charge in [-0.15, -0.1) is 0 Å². The summed E-state index contributed by atoms with van der Waals surface area (Å²) in [6, 6.07) is 13.1. The molecule has 2 fully saturated rings. The van der Waals surface area contributed by atoms with Gasteiger partial charge in [-0.2, -0.15) is 0 Å². The largest absolute Gasteiger partial charge is 0.486 e. The maximum absolute atomic E-state index is 12.2. The molecule has 1 aliphatic heterocycles. The van der Waals surface area contributed by atoms with Gasteiger partial charge in [-0.1, -0.05) is 18.2 Å². The number of benzene rings is 1. The predicted octanol–water partition coefficient (Wildman–Crippen LogP) is 2.16. The van der Waals surface area contributed by atoms with Gasteiger partial charge in [0.05, 0.1) is 13.1 Å². The van der Waals surface area contributed by atoms with Crippen molar-refractivity contribution in [1.82, 2.24) is 9.47 Å². The zero-order chi connectivity index (χ0) is 18.1. The van der Waals surface area contributed by atoms with Crippen molar-refractivity contribution in [2.24, 2.45) is 0 Å². The lowest BCUT2D eigenvalue weighted by atomic mass is 10.1. The average molecular weight is 354 g/mol. The lowest BCUT2D eigenvalue weighted by Crippen LogP contribution is -2.57. The molecule has 136 valence electrons. The van der Waals surface area contributed by atoms with Crippen LogP contribution >= 0.6 is 0 Å². The lowest BCUT2D eigenvalue weighted by Gasteiger charge is -2.38. The Hall–Kier alpha value is -2.76. The zero-order valence-corrected chi connectivity index (χ0v) is 14.8. The number of hydrogen-bond acceptors (Lipinski definition) is 4. The molecule has 26 heavy (non-hydrogen) atoms. The monoisotopic (exact) mass is 354 g/mol. The smallest absolute Gasteiger partial charge is 0.260 e. The number of hydrogen-bond donors (Lipinski definition) is 0. The Morgan fingerprint density at radius 1 is 1.12 bits per heavy atom. The molecule has 0 spiro atoms. The van der Waals surface area contributed by atoms with E-state index in [1.165, 1.54) is 0 Å². The second-order valence-corrected chi connectivity index (χ2v) is 6.91. The molecule has 1 aliphatic carbocycles. The summed E-state index contributed by atoms with van der Waals surface area (Å²) in [4.78, 5) is 26.0. The minimum atomic E-state index is -0.0775. The van der Waals surface area contributed by atoms with Crippen molar-refractivity contribution in [2.45, 2.75) is 31.9 Å². The molecule has 0 bridgehead atoms. The maximum Gasteiger partial charge on any atom is 0.260 e. The molecule has 2 aromatic rings. The molecule has 0 radical (unpaired) electrons. The first-order chi connectivity index (χ1) is 12.6. The van der Waals surface area contributed by atoms with E-state index in [1.54, 1.807) is 11.0 Å². The highest BCUT2D eigenvalue weighted by molar-refractivity contribution is 5.78. The van der Waals surface area contributed by atoms with E-state index in [9.17, 15) is 9.59 Å². The van der Waals surface area contributed by atoms with E-state index < -0.39 is 0 Å². The van der Waals surface area contributed by atoms with Gasteiger partial charge in [0.15, 0.2) is 6.61 Å². The van der Waals surface area contributed by atoms with Gasteiger partial charge in [-0.25, -0.2) is 0 Å². The van der Waals surface area contributed by atoms with Crippen LogP contribution in [0.4, 0.5) is 0 Å². The first-order valence-electron chi connectivity index (χ1n) is 8.95. The van der Waals surface area contributed by atoms with Crippen LogP contribution in [-0.4, -0.2) is 41.2 Å². The SMILES string of the molecule is Cc1cc(OC2CN(C(=O)COc3ccccc3)C2)cc(=O)n1C1CC1. The molecule has 0 unspecified atom stereocenters. The number of aryl methyl sites for hydroxylation is 1. The van der Waals surface area contributed by atoms with Crippen LogP contribution in [0.15, 0.2) is 47.3 Å². The second-order valence-electron chi connectivity index (χ2n) is 6.91. The first kappa shape index (κ1) is 16.7. The van der Waals surface area contributed by atoms with Crippen molar-refractivity contribution in [3.63, 3.8) is 0 Å². The molecule has 0 N–H and O–H groups in total. The minimum Gasteiger partial charge on any atom is -0.486 e. The molecular formula is C20H22N2O4. The Morgan fingerprint density at radius 2 is 1.85 bits per heavy atom. The number of nitrogens with zero attached hydrogens (tertiary/aromatic N) is 2. The van der Waals surface area contributed by atoms with Crippen molar-refractivity contribution in [2.75, 3.05) is 19.7 Å². The standard InChI is InChI=1S/C20H22N2O4/c1-14-9-17(10-19(23)22(14)15-7-8-15)26-18-11-21(12-18)20(24)13-25-16-5-3-2-4-6-16/h2-6,9-10,15,18H,7-8,11-13H2,1H3. The fourth-order valence-corrected chi connectivity index (χ4v) is 3.21. The summed E-state index contributed by atoms with van der Waals surface area (Å²) in [6.45, 7) is 2.99. The molecule has 4 rings (SSSR count). The van der Waals surface area contributed by atoms with Crippen LogP contribution in [0.2, 0.25) is 0 Å². The highest BCUT2D eigenvalue weighted by Crippen LogP contribution is 2.35. The maximum atomic E-state index is 12.2. The third kappa shape index (κ3) is 3.59. The van der Waals surface area contributed by atoms with Crippen molar-refractivity contribution in [1.29, 1.82) is 0 Å². The van der Waals surface area contributed by atoms with Gasteiger partial charge < -0.3 is 18.9 Å². The molecule has 0 atom stereocenters. The fourth-order valence-electron chi connectivity index (χ4n) is 3.21. The van der Waals surface area contributed by atoms with Gasteiger partial charge >= 0.3 is 0 Å². The number of pyridine rings is 1. The Bertz CT molecular complexity index is 852. The Labute approximate surface area is 152 Å². The number of rotatable bonds is 6. The molecule has 6 nitrogen and oxygen atoms in total. The van der Waals surface area contributed by atoms with Crippen LogP contribution in [0.25, 0.3) is 0 Å². The van der Waals surface area contributed by atoms with E-state index in [0.717, 1.165) is 18.5 Å². The van der Waals surface area contributed by atoms with E-state index in [1.807, 2.05) is 47.9 Å². The Balaban J connectivity index is 1.27. The van der Waals surface area contributed by atoms with Crippen LogP contribution in [0.5, 0.6) is 11.5 Å². The summed E-state index contributed by atoms with van der Waals surface area (Å²) in [7, 11) is 0. The summed E-state index contributed by atoms with van der Waals surface area (Å²) in [5.41, 5.74) is 0.921. The molecule has 1 saturated carbocycles. The lowest BCUT2D eigenvalue weighted by molar-refractivity contribution is -0.142. The van der Waals surface area contributed by atoms with Gasteiger partial charge in [0, 0.05) is 17.8 Å². The third-order valence-corrected chi connectivity index (χ3v) is 4.76. The molecule has 1 aromatic carbocycles. The van der Waals surface area contributed by atoms with Crippen LogP contribution < -0.4 is 15.0 Å². The summed E-state index contributed by atoms with van der Waals surface area (Å²) < 4.78 is 13.2. The topological polar surface area (TPSA) is 60.8 Å². The normalized spacial score (nSPS) is 16.9. The van der Waals surface area contributed by atoms with Gasteiger partial charge in [-0.3, -0.25) is 9.59 Å². The molecule has 2 heterocycles. The molecule has 2 aliphatic rings.